The summed E-state index contributed by atoms with van der Waals surface area (Å²) in [6.07, 6.45) is 4.68. The Kier molecular flexibility index (Phi) is 7.88. The van der Waals surface area contributed by atoms with E-state index < -0.39 is 11.5 Å². The Morgan fingerprint density at radius 1 is 1.31 bits per heavy atom. The fourth-order valence-corrected chi connectivity index (χ4v) is 5.04. The van der Waals surface area contributed by atoms with Gasteiger partial charge in [0, 0.05) is 28.6 Å². The number of hydrogen-bond donors (Lipinski definition) is 3. The number of nitrogens with zero attached hydrogens (tertiary/aromatic N) is 1. The molecule has 1 aromatic carbocycles. The standard InChI is InChI=1S/C24H35BrN4O3/c1-24(2,3)32-23(31)27-11-5-6-12-29(4)14-15-7-8-16-19(13-15)28-21-17(22(26)30)9-10-18(25)20(16)21/h9-10,15,28H,5-8,11-14H2,1-4H3,(H2,26,30)(H,27,31). The topological polar surface area (TPSA) is 100 Å². The van der Waals surface area contributed by atoms with Crippen molar-refractivity contribution >= 4 is 38.8 Å². The van der Waals surface area contributed by atoms with Crippen molar-refractivity contribution in [2.24, 2.45) is 11.7 Å². The molecule has 1 aliphatic rings. The summed E-state index contributed by atoms with van der Waals surface area (Å²) in [4.78, 5) is 29.4. The summed E-state index contributed by atoms with van der Waals surface area (Å²) in [5.74, 6) is 0.162. The number of unbranched alkanes of at least 4 members (excludes halogenated alkanes) is 1. The summed E-state index contributed by atoms with van der Waals surface area (Å²) in [7, 11) is 2.16. The van der Waals surface area contributed by atoms with Crippen molar-refractivity contribution < 1.29 is 14.3 Å². The van der Waals surface area contributed by atoms with Gasteiger partial charge in [-0.2, -0.15) is 0 Å². The molecule has 0 fully saturated rings. The molecule has 1 aliphatic carbocycles. The SMILES string of the molecule is CN(CCCCNC(=O)OC(C)(C)C)CC1CCc2c([nH]c3c(C(N)=O)ccc(Br)c23)C1. The number of halogens is 1. The molecule has 2 aromatic rings. The number of nitrogens with one attached hydrogen (secondary N) is 2. The van der Waals surface area contributed by atoms with Crippen LogP contribution in [0.3, 0.4) is 0 Å². The van der Waals surface area contributed by atoms with Gasteiger partial charge in [0.1, 0.15) is 5.60 Å². The minimum atomic E-state index is -0.466. The first-order chi connectivity index (χ1) is 15.0. The zero-order chi connectivity index (χ0) is 23.5. The smallest absolute Gasteiger partial charge is 0.407 e. The third-order valence-corrected chi connectivity index (χ3v) is 6.52. The van der Waals surface area contributed by atoms with E-state index in [1.54, 1.807) is 6.07 Å². The Morgan fingerprint density at radius 2 is 2.06 bits per heavy atom. The normalized spacial score (nSPS) is 16.2. The van der Waals surface area contributed by atoms with Crippen molar-refractivity contribution in [2.75, 3.05) is 26.7 Å². The second-order valence-electron chi connectivity index (χ2n) is 9.80. The zero-order valence-electron chi connectivity index (χ0n) is 19.5. The second kappa shape index (κ2) is 10.3. The van der Waals surface area contributed by atoms with Crippen LogP contribution in [0.2, 0.25) is 0 Å². The average Bonchev–Trinajstić information content (AvgIpc) is 3.05. The number of primary amides is 1. The molecule has 1 heterocycles. The van der Waals surface area contributed by atoms with Crippen LogP contribution in [0, 0.1) is 5.92 Å². The Hall–Kier alpha value is -2.06. The highest BCUT2D eigenvalue weighted by molar-refractivity contribution is 9.10. The highest BCUT2D eigenvalue weighted by Crippen LogP contribution is 2.37. The minimum absolute atomic E-state index is 0.353. The van der Waals surface area contributed by atoms with Crippen LogP contribution in [0.25, 0.3) is 10.9 Å². The predicted octanol–water partition coefficient (Wildman–Crippen LogP) is 4.37. The van der Waals surface area contributed by atoms with E-state index in [0.717, 1.165) is 60.6 Å². The molecule has 2 amide bonds. The molecule has 0 radical (unpaired) electrons. The molecule has 1 atom stereocenters. The number of aromatic amines is 1. The van der Waals surface area contributed by atoms with Gasteiger partial charge in [0.2, 0.25) is 0 Å². The van der Waals surface area contributed by atoms with E-state index in [1.165, 1.54) is 11.3 Å². The van der Waals surface area contributed by atoms with Crippen molar-refractivity contribution in [1.29, 1.82) is 0 Å². The number of benzene rings is 1. The molecule has 32 heavy (non-hydrogen) atoms. The van der Waals surface area contributed by atoms with Crippen LogP contribution in [-0.2, 0) is 17.6 Å². The highest BCUT2D eigenvalue weighted by atomic mass is 79.9. The summed E-state index contributed by atoms with van der Waals surface area (Å²) < 4.78 is 6.26. The molecule has 0 bridgehead atoms. The molecule has 0 saturated carbocycles. The molecule has 8 heteroatoms. The van der Waals surface area contributed by atoms with E-state index in [2.05, 4.69) is 38.2 Å². The van der Waals surface area contributed by atoms with E-state index in [-0.39, 0.29) is 6.09 Å². The lowest BCUT2D eigenvalue weighted by Crippen LogP contribution is -2.33. The van der Waals surface area contributed by atoms with Crippen LogP contribution in [0.1, 0.15) is 61.6 Å². The lowest BCUT2D eigenvalue weighted by atomic mass is 9.86. The monoisotopic (exact) mass is 506 g/mol. The zero-order valence-corrected chi connectivity index (χ0v) is 21.1. The number of carbonyl (C=O) groups is 2. The van der Waals surface area contributed by atoms with Gasteiger partial charge >= 0.3 is 6.09 Å². The molecule has 176 valence electrons. The van der Waals surface area contributed by atoms with Crippen LogP contribution in [0.4, 0.5) is 4.79 Å². The molecule has 7 nitrogen and oxygen atoms in total. The fraction of sp³-hybridized carbons (Fsp3) is 0.583. The van der Waals surface area contributed by atoms with E-state index in [9.17, 15) is 9.59 Å². The Morgan fingerprint density at radius 3 is 2.75 bits per heavy atom. The maximum Gasteiger partial charge on any atom is 0.407 e. The number of aromatic nitrogens is 1. The number of H-pyrrole nitrogens is 1. The third kappa shape index (κ3) is 6.25. The molecule has 0 spiro atoms. The predicted molar refractivity (Wildman–Crippen MR) is 131 cm³/mol. The minimum Gasteiger partial charge on any atom is -0.444 e. The van der Waals surface area contributed by atoms with Gasteiger partial charge in [-0.1, -0.05) is 15.9 Å². The molecule has 0 aliphatic heterocycles. The molecule has 1 aromatic heterocycles. The number of aryl methyl sites for hydroxylation is 1. The van der Waals surface area contributed by atoms with E-state index in [4.69, 9.17) is 10.5 Å². The van der Waals surface area contributed by atoms with Gasteiger partial charge in [-0.05, 0) is 90.1 Å². The number of alkyl carbamates (subject to hydrolysis) is 1. The molecular formula is C24H35BrN4O3. The van der Waals surface area contributed by atoms with Crippen molar-refractivity contribution in [3.8, 4) is 0 Å². The van der Waals surface area contributed by atoms with Crippen LogP contribution in [-0.4, -0.2) is 54.2 Å². The van der Waals surface area contributed by atoms with E-state index in [1.807, 2.05) is 26.8 Å². The first-order valence-electron chi connectivity index (χ1n) is 11.3. The summed E-state index contributed by atoms with van der Waals surface area (Å²) in [6, 6.07) is 3.69. The van der Waals surface area contributed by atoms with Crippen LogP contribution >= 0.6 is 15.9 Å². The lowest BCUT2D eigenvalue weighted by Gasteiger charge is -2.27. The van der Waals surface area contributed by atoms with E-state index >= 15 is 0 Å². The quantitative estimate of drug-likeness (QED) is 0.462. The maximum absolute atomic E-state index is 11.8. The lowest BCUT2D eigenvalue weighted by molar-refractivity contribution is 0.0526. The van der Waals surface area contributed by atoms with Crippen LogP contribution in [0.15, 0.2) is 16.6 Å². The van der Waals surface area contributed by atoms with Gasteiger partial charge in [-0.15, -0.1) is 0 Å². The summed E-state index contributed by atoms with van der Waals surface area (Å²) in [6.45, 7) is 8.23. The fourth-order valence-electron chi connectivity index (χ4n) is 4.47. The molecular weight excluding hydrogens is 472 g/mol. The van der Waals surface area contributed by atoms with Gasteiger partial charge in [-0.25, -0.2) is 4.79 Å². The van der Waals surface area contributed by atoms with Crippen molar-refractivity contribution in [1.82, 2.24) is 15.2 Å². The number of ether oxygens (including phenoxy) is 1. The summed E-state index contributed by atoms with van der Waals surface area (Å²) in [5, 5.41) is 3.91. The maximum atomic E-state index is 11.8. The van der Waals surface area contributed by atoms with Gasteiger partial charge in [0.15, 0.2) is 0 Å². The number of hydrogen-bond acceptors (Lipinski definition) is 4. The van der Waals surface area contributed by atoms with Crippen LogP contribution in [0.5, 0.6) is 0 Å². The van der Waals surface area contributed by atoms with Gasteiger partial charge in [0.05, 0.1) is 11.1 Å². The number of amides is 2. The van der Waals surface area contributed by atoms with Gasteiger partial charge < -0.3 is 25.7 Å². The molecule has 4 N–H and O–H groups in total. The number of carbonyl (C=O) groups excluding carboxylic acids is 2. The number of rotatable bonds is 8. The third-order valence-electron chi connectivity index (χ3n) is 5.86. The Bertz CT molecular complexity index is 980. The first-order valence-corrected chi connectivity index (χ1v) is 12.1. The first kappa shape index (κ1) is 24.6. The van der Waals surface area contributed by atoms with E-state index in [0.29, 0.717) is 18.0 Å². The average molecular weight is 507 g/mol. The van der Waals surface area contributed by atoms with Crippen molar-refractivity contribution in [3.05, 3.63) is 33.4 Å². The Labute approximate surface area is 198 Å². The molecule has 1 unspecified atom stereocenters. The number of nitrogens with two attached hydrogens (primary N) is 1. The summed E-state index contributed by atoms with van der Waals surface area (Å²) >= 11 is 3.64. The van der Waals surface area contributed by atoms with Crippen molar-refractivity contribution in [2.45, 2.75) is 58.5 Å². The largest absolute Gasteiger partial charge is 0.444 e. The summed E-state index contributed by atoms with van der Waals surface area (Å²) in [5.41, 5.74) is 9.04. The van der Waals surface area contributed by atoms with Crippen LogP contribution < -0.4 is 11.1 Å². The van der Waals surface area contributed by atoms with Gasteiger partial charge in [0.25, 0.3) is 5.91 Å². The number of fused-ring (bicyclic) bond motifs is 3. The molecule has 0 saturated heterocycles. The van der Waals surface area contributed by atoms with Crippen molar-refractivity contribution in [3.63, 3.8) is 0 Å². The van der Waals surface area contributed by atoms with Gasteiger partial charge in [-0.3, -0.25) is 4.79 Å². The second-order valence-corrected chi connectivity index (χ2v) is 10.7. The Balaban J connectivity index is 1.48. The molecule has 3 rings (SSSR count). The highest BCUT2D eigenvalue weighted by Gasteiger charge is 2.26.